The van der Waals surface area contributed by atoms with Crippen LogP contribution in [0.4, 0.5) is 68.2 Å². The first-order chi connectivity index (χ1) is 36.6. The SMILES string of the molecule is C=Cc1ccc(N(c2ccc(-c3ccc(N(c4ccc(/C=C\c5ccccc5)cc4)c4ccc(N(c5ccccc5)c5ccccc5)cc4)cc3)cc2)c2ccc(N(c3ccccc3)c3ccccc3)cc2)cc1. The van der Waals surface area contributed by atoms with Gasteiger partial charge in [0.05, 0.1) is 0 Å². The van der Waals surface area contributed by atoms with Crippen molar-refractivity contribution in [2.75, 3.05) is 19.6 Å². The third-order valence-electron chi connectivity index (χ3n) is 13.2. The van der Waals surface area contributed by atoms with Crippen molar-refractivity contribution in [2.24, 2.45) is 0 Å². The lowest BCUT2D eigenvalue weighted by molar-refractivity contribution is 1.25. The minimum Gasteiger partial charge on any atom is -0.311 e. The summed E-state index contributed by atoms with van der Waals surface area (Å²) in [6.45, 7) is 4.00. The van der Waals surface area contributed by atoms with Crippen LogP contribution in [0, 0.1) is 0 Å². The van der Waals surface area contributed by atoms with Crippen LogP contribution in [0.1, 0.15) is 16.7 Å². The van der Waals surface area contributed by atoms with E-state index in [0.717, 1.165) is 90.5 Å². The van der Waals surface area contributed by atoms with Crippen LogP contribution in [0.2, 0.25) is 0 Å². The van der Waals surface area contributed by atoms with E-state index in [9.17, 15) is 0 Å². The van der Waals surface area contributed by atoms with Gasteiger partial charge in [0, 0.05) is 68.2 Å². The summed E-state index contributed by atoms with van der Waals surface area (Å²) < 4.78 is 0. The molecule has 0 saturated carbocycles. The first-order valence-electron chi connectivity index (χ1n) is 25.0. The van der Waals surface area contributed by atoms with Crippen molar-refractivity contribution >= 4 is 86.5 Å². The lowest BCUT2D eigenvalue weighted by Gasteiger charge is -2.28. The molecule has 0 aliphatic carbocycles. The first kappa shape index (κ1) is 46.5. The van der Waals surface area contributed by atoms with E-state index >= 15 is 0 Å². The zero-order valence-electron chi connectivity index (χ0n) is 41.0. The molecule has 0 unspecified atom stereocenters. The van der Waals surface area contributed by atoms with E-state index in [-0.39, 0.29) is 0 Å². The van der Waals surface area contributed by atoms with Crippen LogP contribution in [0.15, 0.2) is 304 Å². The summed E-state index contributed by atoms with van der Waals surface area (Å²) >= 11 is 0. The maximum atomic E-state index is 4.00. The Kier molecular flexibility index (Phi) is 13.8. The molecule has 0 aromatic heterocycles. The molecule has 0 atom stereocenters. The van der Waals surface area contributed by atoms with Gasteiger partial charge in [-0.25, -0.2) is 0 Å². The maximum Gasteiger partial charge on any atom is 0.0463 e. The molecule has 4 nitrogen and oxygen atoms in total. The van der Waals surface area contributed by atoms with Crippen molar-refractivity contribution < 1.29 is 0 Å². The molecule has 11 aromatic carbocycles. The highest BCUT2D eigenvalue weighted by Crippen LogP contribution is 2.42. The van der Waals surface area contributed by atoms with Crippen molar-refractivity contribution in [2.45, 2.75) is 0 Å². The number of benzene rings is 11. The van der Waals surface area contributed by atoms with Gasteiger partial charge in [0.25, 0.3) is 0 Å². The minimum absolute atomic E-state index is 1.06. The topological polar surface area (TPSA) is 13.0 Å². The molecule has 74 heavy (non-hydrogen) atoms. The van der Waals surface area contributed by atoms with E-state index in [4.69, 9.17) is 0 Å². The van der Waals surface area contributed by atoms with Crippen LogP contribution in [-0.4, -0.2) is 0 Å². The van der Waals surface area contributed by atoms with Gasteiger partial charge in [0.1, 0.15) is 0 Å². The molecule has 0 saturated heterocycles. The maximum absolute atomic E-state index is 4.00. The zero-order valence-corrected chi connectivity index (χ0v) is 41.0. The molecule has 0 aliphatic heterocycles. The average molecular weight is 951 g/mol. The lowest BCUT2D eigenvalue weighted by Crippen LogP contribution is -2.12. The fraction of sp³-hybridized carbons (Fsp3) is 0. The third-order valence-corrected chi connectivity index (χ3v) is 13.2. The average Bonchev–Trinajstić information content (AvgIpc) is 3.48. The largest absolute Gasteiger partial charge is 0.311 e. The Bertz CT molecular complexity index is 3470. The summed E-state index contributed by atoms with van der Waals surface area (Å²) in [5.74, 6) is 0. The molecule has 4 heteroatoms. The van der Waals surface area contributed by atoms with Gasteiger partial charge in [-0.2, -0.15) is 0 Å². The zero-order chi connectivity index (χ0) is 49.9. The van der Waals surface area contributed by atoms with Crippen LogP contribution in [0.5, 0.6) is 0 Å². The Labute approximate surface area is 435 Å². The molecule has 11 rings (SSSR count). The predicted octanol–water partition coefficient (Wildman–Crippen LogP) is 20.0. The van der Waals surface area contributed by atoms with Gasteiger partial charge < -0.3 is 19.6 Å². The van der Waals surface area contributed by atoms with Crippen LogP contribution in [0.3, 0.4) is 0 Å². The van der Waals surface area contributed by atoms with Crippen molar-refractivity contribution in [1.82, 2.24) is 0 Å². The number of hydrogen-bond acceptors (Lipinski definition) is 4. The summed E-state index contributed by atoms with van der Waals surface area (Å²) in [5.41, 5.74) is 18.6. The number of anilines is 12. The highest BCUT2D eigenvalue weighted by atomic mass is 15.2. The first-order valence-corrected chi connectivity index (χ1v) is 25.0. The van der Waals surface area contributed by atoms with Crippen molar-refractivity contribution in [1.29, 1.82) is 0 Å². The van der Waals surface area contributed by atoms with E-state index in [1.165, 1.54) is 5.56 Å². The highest BCUT2D eigenvalue weighted by Gasteiger charge is 2.19. The molecular weight excluding hydrogens is 897 g/mol. The normalized spacial score (nSPS) is 11.0. The number of nitrogens with zero attached hydrogens (tertiary/aromatic N) is 4. The van der Waals surface area contributed by atoms with Crippen molar-refractivity contribution in [3.8, 4) is 11.1 Å². The van der Waals surface area contributed by atoms with Crippen LogP contribution < -0.4 is 19.6 Å². The third kappa shape index (κ3) is 10.4. The van der Waals surface area contributed by atoms with E-state index < -0.39 is 0 Å². The number of rotatable bonds is 16. The monoisotopic (exact) mass is 950 g/mol. The van der Waals surface area contributed by atoms with E-state index in [2.05, 4.69) is 330 Å². The Hall–Kier alpha value is -9.90. The molecular formula is C70H54N4. The van der Waals surface area contributed by atoms with Gasteiger partial charge in [0.15, 0.2) is 0 Å². The second kappa shape index (κ2) is 22.0. The summed E-state index contributed by atoms with van der Waals surface area (Å²) in [5, 5.41) is 0. The molecule has 0 spiro atoms. The summed E-state index contributed by atoms with van der Waals surface area (Å²) in [7, 11) is 0. The molecule has 0 bridgehead atoms. The quantitative estimate of drug-likeness (QED) is 0.0895. The Balaban J connectivity index is 0.904. The molecule has 354 valence electrons. The number of para-hydroxylation sites is 4. The van der Waals surface area contributed by atoms with Gasteiger partial charge >= 0.3 is 0 Å². The fourth-order valence-electron chi connectivity index (χ4n) is 9.46. The molecule has 0 N–H and O–H groups in total. The second-order valence-corrected chi connectivity index (χ2v) is 17.9. The molecule has 0 heterocycles. The second-order valence-electron chi connectivity index (χ2n) is 17.9. The van der Waals surface area contributed by atoms with Crippen LogP contribution in [-0.2, 0) is 0 Å². The summed E-state index contributed by atoms with van der Waals surface area (Å²) in [6.07, 6.45) is 6.21. The molecule has 0 fully saturated rings. The highest BCUT2D eigenvalue weighted by molar-refractivity contribution is 5.85. The predicted molar refractivity (Wildman–Crippen MR) is 316 cm³/mol. The Morgan fingerprint density at radius 2 is 0.378 bits per heavy atom. The summed E-state index contributed by atoms with van der Waals surface area (Å²) in [6, 6.07) is 105. The molecule has 11 aromatic rings. The van der Waals surface area contributed by atoms with Gasteiger partial charge in [-0.3, -0.25) is 0 Å². The number of hydrogen-bond donors (Lipinski definition) is 0. The van der Waals surface area contributed by atoms with Crippen molar-refractivity contribution in [3.63, 3.8) is 0 Å². The fourth-order valence-corrected chi connectivity index (χ4v) is 9.46. The molecule has 0 aliphatic rings. The lowest BCUT2D eigenvalue weighted by atomic mass is 10.0. The van der Waals surface area contributed by atoms with E-state index in [0.29, 0.717) is 0 Å². The van der Waals surface area contributed by atoms with Crippen LogP contribution >= 0.6 is 0 Å². The molecule has 0 radical (unpaired) electrons. The minimum atomic E-state index is 1.06. The van der Waals surface area contributed by atoms with E-state index in [1.807, 2.05) is 12.1 Å². The van der Waals surface area contributed by atoms with Crippen LogP contribution in [0.25, 0.3) is 29.4 Å². The Morgan fingerprint density at radius 1 is 0.189 bits per heavy atom. The smallest absolute Gasteiger partial charge is 0.0463 e. The van der Waals surface area contributed by atoms with Gasteiger partial charge in [-0.15, -0.1) is 0 Å². The molecule has 0 amide bonds. The standard InChI is InChI=1S/C70H54N4/c1-2-54-30-38-63(39-31-54)73(69-50-46-67(47-51-69)71(59-20-10-4-11-21-59)60-22-12-5-13-23-60)65-42-34-57(35-43-65)58-36-44-66(45-37-58)74(64-40-32-56(33-41-64)29-28-55-18-8-3-9-19-55)70-52-48-68(49-53-70)72(61-24-14-6-15-25-61)62-26-16-7-17-27-62/h2-53H,1H2/b29-28-. The summed E-state index contributed by atoms with van der Waals surface area (Å²) in [4.78, 5) is 9.22. The van der Waals surface area contributed by atoms with E-state index in [1.54, 1.807) is 0 Å². The van der Waals surface area contributed by atoms with Gasteiger partial charge in [-0.1, -0.05) is 176 Å². The van der Waals surface area contributed by atoms with Gasteiger partial charge in [0.2, 0.25) is 0 Å². The van der Waals surface area contributed by atoms with Gasteiger partial charge in [-0.05, 0) is 173 Å². The Morgan fingerprint density at radius 3 is 0.635 bits per heavy atom. The van der Waals surface area contributed by atoms with Crippen molar-refractivity contribution in [3.05, 3.63) is 321 Å².